The van der Waals surface area contributed by atoms with Crippen molar-refractivity contribution in [1.29, 1.82) is 0 Å². The van der Waals surface area contributed by atoms with E-state index >= 15 is 0 Å². The number of carbonyl (C=O) groups excluding carboxylic acids is 1. The van der Waals surface area contributed by atoms with Crippen LogP contribution in [-0.2, 0) is 11.3 Å². The van der Waals surface area contributed by atoms with Crippen molar-refractivity contribution in [2.24, 2.45) is 0 Å². The predicted molar refractivity (Wildman–Crippen MR) is 122 cm³/mol. The molecule has 0 saturated heterocycles. The molecule has 0 fully saturated rings. The molecule has 2 aromatic heterocycles. The smallest absolute Gasteiger partial charge is 0.298 e. The first-order valence-electron chi connectivity index (χ1n) is 10.6. The number of carbonyl (C=O) groups is 1. The third kappa shape index (κ3) is 4.31. The lowest BCUT2D eigenvalue weighted by Crippen LogP contribution is -2.06. The number of halogens is 2. The number of rotatable bonds is 8. The molecule has 0 spiro atoms. The fourth-order valence-electron chi connectivity index (χ4n) is 3.91. The molecule has 0 radical (unpaired) electrons. The molecule has 2 heterocycles. The van der Waals surface area contributed by atoms with Gasteiger partial charge < -0.3 is 9.47 Å². The zero-order valence-electron chi connectivity index (χ0n) is 18.4. The molecular weight excluding hydrogens is 458 g/mol. The highest BCUT2D eigenvalue weighted by atomic mass is 19.1. The number of benzene rings is 3. The van der Waals surface area contributed by atoms with Crippen molar-refractivity contribution in [3.8, 4) is 34.3 Å². The van der Waals surface area contributed by atoms with Gasteiger partial charge in [-0.15, -0.1) is 10.2 Å². The van der Waals surface area contributed by atoms with Gasteiger partial charge in [0.1, 0.15) is 17.2 Å². The van der Waals surface area contributed by atoms with Gasteiger partial charge in [-0.25, -0.2) is 8.78 Å². The highest BCUT2D eigenvalue weighted by Gasteiger charge is 2.19. The van der Waals surface area contributed by atoms with E-state index in [1.165, 1.54) is 18.2 Å². The number of imidazole rings is 1. The van der Waals surface area contributed by atoms with Gasteiger partial charge in [0.2, 0.25) is 5.82 Å². The molecule has 0 bridgehead atoms. The summed E-state index contributed by atoms with van der Waals surface area (Å²) in [5, 5.41) is 13.9. The van der Waals surface area contributed by atoms with Crippen molar-refractivity contribution in [2.45, 2.75) is 13.5 Å². The van der Waals surface area contributed by atoms with Crippen LogP contribution in [0.4, 0.5) is 8.78 Å². The van der Waals surface area contributed by atoms with Crippen molar-refractivity contribution < 1.29 is 23.0 Å². The first-order chi connectivity index (χ1) is 17.1. The summed E-state index contributed by atoms with van der Waals surface area (Å²) in [5.41, 5.74) is 3.67. The van der Waals surface area contributed by atoms with E-state index in [9.17, 15) is 13.6 Å². The molecule has 0 atom stereocenters. The Morgan fingerprint density at radius 3 is 2.57 bits per heavy atom. The lowest BCUT2D eigenvalue weighted by Gasteiger charge is -2.12. The molecule has 0 saturated carbocycles. The van der Waals surface area contributed by atoms with Crippen LogP contribution in [0.5, 0.6) is 11.8 Å². The zero-order valence-corrected chi connectivity index (χ0v) is 18.4. The number of aromatic amines is 1. The van der Waals surface area contributed by atoms with Gasteiger partial charge in [0, 0.05) is 17.7 Å². The second-order valence-electron chi connectivity index (χ2n) is 7.52. The molecule has 176 valence electrons. The van der Waals surface area contributed by atoms with E-state index in [1.807, 2.05) is 31.2 Å². The standard InChI is InChI=1S/C24H18F2N6O3/c1-2-34-24-27-20-10-17(26)11-21(35-13-33)22(20)32(24)12-14-3-5-15(6-4-14)18-8-7-16(25)9-19(18)23-28-30-31-29-23/h3-11,13H,2,12H2,1H3,(H,28,29,30,31). The normalized spacial score (nSPS) is 11.1. The SMILES string of the molecule is CCOc1nc2cc(F)cc(OC=O)c2n1Cc1ccc(-c2ccc(F)cc2-c2nn[nH]n2)cc1. The average Bonchev–Trinajstić information content (AvgIpc) is 3.49. The monoisotopic (exact) mass is 476 g/mol. The minimum Gasteiger partial charge on any atom is -0.465 e. The van der Waals surface area contributed by atoms with E-state index in [2.05, 4.69) is 25.6 Å². The Kier molecular flexibility index (Phi) is 5.88. The highest BCUT2D eigenvalue weighted by molar-refractivity contribution is 5.85. The van der Waals surface area contributed by atoms with Crippen LogP contribution in [0, 0.1) is 11.6 Å². The van der Waals surface area contributed by atoms with Gasteiger partial charge in [0.15, 0.2) is 5.75 Å². The second kappa shape index (κ2) is 9.29. The van der Waals surface area contributed by atoms with Gasteiger partial charge in [-0.05, 0) is 41.0 Å². The molecule has 0 amide bonds. The van der Waals surface area contributed by atoms with E-state index in [4.69, 9.17) is 9.47 Å². The highest BCUT2D eigenvalue weighted by Crippen LogP contribution is 2.33. The zero-order chi connectivity index (χ0) is 24.4. The Morgan fingerprint density at radius 1 is 1.03 bits per heavy atom. The molecule has 11 heteroatoms. The lowest BCUT2D eigenvalue weighted by atomic mass is 9.98. The van der Waals surface area contributed by atoms with Crippen LogP contribution in [0.2, 0.25) is 0 Å². The minimum atomic E-state index is -0.580. The number of aromatic nitrogens is 6. The van der Waals surface area contributed by atoms with Gasteiger partial charge in [-0.1, -0.05) is 30.3 Å². The molecule has 0 aliphatic carbocycles. The topological polar surface area (TPSA) is 108 Å². The Morgan fingerprint density at radius 2 is 1.86 bits per heavy atom. The molecule has 3 aromatic carbocycles. The summed E-state index contributed by atoms with van der Waals surface area (Å²) < 4.78 is 40.3. The Hall–Kier alpha value is -4.67. The third-order valence-electron chi connectivity index (χ3n) is 5.36. The predicted octanol–water partition coefficient (Wildman–Crippen LogP) is 4.14. The van der Waals surface area contributed by atoms with Crippen molar-refractivity contribution in [1.82, 2.24) is 30.2 Å². The molecule has 35 heavy (non-hydrogen) atoms. The Balaban J connectivity index is 1.53. The number of H-pyrrole nitrogens is 1. The molecule has 0 aliphatic rings. The second-order valence-corrected chi connectivity index (χ2v) is 7.52. The summed E-state index contributed by atoms with van der Waals surface area (Å²) in [7, 11) is 0. The average molecular weight is 476 g/mol. The van der Waals surface area contributed by atoms with Crippen LogP contribution in [0.1, 0.15) is 12.5 Å². The molecule has 9 nitrogen and oxygen atoms in total. The maximum Gasteiger partial charge on any atom is 0.298 e. The molecule has 1 N–H and O–H groups in total. The van der Waals surface area contributed by atoms with Crippen molar-refractivity contribution in [2.75, 3.05) is 6.61 Å². The molecule has 0 aliphatic heterocycles. The minimum absolute atomic E-state index is 0.0427. The summed E-state index contributed by atoms with van der Waals surface area (Å²) in [4.78, 5) is 15.4. The first kappa shape index (κ1) is 22.1. The summed E-state index contributed by atoms with van der Waals surface area (Å²) >= 11 is 0. The fraction of sp³-hybridized carbons (Fsp3) is 0.125. The van der Waals surface area contributed by atoms with Crippen LogP contribution in [0.15, 0.2) is 54.6 Å². The van der Waals surface area contributed by atoms with Crippen LogP contribution >= 0.6 is 0 Å². The molecule has 5 rings (SSSR count). The van der Waals surface area contributed by atoms with Gasteiger partial charge in [-0.3, -0.25) is 9.36 Å². The number of ether oxygens (including phenoxy) is 2. The maximum absolute atomic E-state index is 14.0. The van der Waals surface area contributed by atoms with E-state index in [1.54, 1.807) is 10.6 Å². The Labute approximate surface area is 197 Å². The molecule has 5 aromatic rings. The van der Waals surface area contributed by atoms with E-state index in [0.717, 1.165) is 22.8 Å². The number of tetrazole rings is 1. The fourth-order valence-corrected chi connectivity index (χ4v) is 3.91. The number of hydrogen-bond donors (Lipinski definition) is 1. The van der Waals surface area contributed by atoms with Crippen LogP contribution < -0.4 is 9.47 Å². The van der Waals surface area contributed by atoms with Crippen LogP contribution in [0.3, 0.4) is 0 Å². The quantitative estimate of drug-likeness (QED) is 0.335. The lowest BCUT2D eigenvalue weighted by molar-refractivity contribution is -0.120. The van der Waals surface area contributed by atoms with Crippen molar-refractivity contribution in [3.63, 3.8) is 0 Å². The molecular formula is C24H18F2N6O3. The van der Waals surface area contributed by atoms with E-state index < -0.39 is 11.6 Å². The largest absolute Gasteiger partial charge is 0.465 e. The first-order valence-corrected chi connectivity index (χ1v) is 10.6. The summed E-state index contributed by atoms with van der Waals surface area (Å²) in [6.45, 7) is 2.71. The number of nitrogens with one attached hydrogen (secondary N) is 1. The van der Waals surface area contributed by atoms with E-state index in [-0.39, 0.29) is 24.1 Å². The van der Waals surface area contributed by atoms with Gasteiger partial charge in [0.25, 0.3) is 12.5 Å². The molecule has 0 unspecified atom stereocenters. The maximum atomic E-state index is 14.0. The van der Waals surface area contributed by atoms with Gasteiger partial charge >= 0.3 is 0 Å². The third-order valence-corrected chi connectivity index (χ3v) is 5.36. The summed E-state index contributed by atoms with van der Waals surface area (Å²) in [5.74, 6) is -0.667. The van der Waals surface area contributed by atoms with Gasteiger partial charge in [-0.2, -0.15) is 10.2 Å². The van der Waals surface area contributed by atoms with Crippen LogP contribution in [0.25, 0.3) is 33.5 Å². The summed E-state index contributed by atoms with van der Waals surface area (Å²) in [6.07, 6.45) is 0. The Bertz CT molecular complexity index is 1500. The number of hydrogen-bond acceptors (Lipinski definition) is 7. The summed E-state index contributed by atoms with van der Waals surface area (Å²) in [6, 6.07) is 14.6. The van der Waals surface area contributed by atoms with E-state index in [0.29, 0.717) is 29.7 Å². The van der Waals surface area contributed by atoms with Crippen molar-refractivity contribution >= 4 is 17.5 Å². The number of fused-ring (bicyclic) bond motifs is 1. The van der Waals surface area contributed by atoms with Crippen molar-refractivity contribution in [3.05, 3.63) is 71.8 Å². The van der Waals surface area contributed by atoms with Crippen LogP contribution in [-0.4, -0.2) is 43.3 Å². The van der Waals surface area contributed by atoms with Gasteiger partial charge in [0.05, 0.1) is 18.7 Å². The number of nitrogens with zero attached hydrogens (tertiary/aromatic N) is 5.